The molecule has 2 atom stereocenters. The molecule has 1 aromatic heterocycles. The van der Waals surface area contributed by atoms with E-state index < -0.39 is 0 Å². The van der Waals surface area contributed by atoms with Crippen LogP contribution in [0.15, 0.2) is 12.1 Å². The van der Waals surface area contributed by atoms with Crippen LogP contribution >= 0.6 is 0 Å². The van der Waals surface area contributed by atoms with Gasteiger partial charge in [-0.2, -0.15) is 0 Å². The van der Waals surface area contributed by atoms with Crippen LogP contribution in [0.5, 0.6) is 0 Å². The van der Waals surface area contributed by atoms with Gasteiger partial charge < -0.3 is 10.6 Å². The Morgan fingerprint density at radius 2 is 2.00 bits per heavy atom. The Morgan fingerprint density at radius 3 is 2.62 bits per heavy atom. The normalized spacial score (nSPS) is 22.7. The molecule has 1 amide bonds. The lowest BCUT2D eigenvalue weighted by Crippen LogP contribution is -2.22. The maximum atomic E-state index is 11.4. The third kappa shape index (κ3) is 4.41. The first-order valence-electron chi connectivity index (χ1n) is 7.92. The number of nitrogens with zero attached hydrogens (tertiary/aromatic N) is 2. The fourth-order valence-electron chi connectivity index (χ4n) is 3.01. The van der Waals surface area contributed by atoms with Gasteiger partial charge in [0.25, 0.3) is 5.91 Å². The maximum Gasteiger partial charge on any atom is 0.271 e. The van der Waals surface area contributed by atoms with E-state index in [1.54, 1.807) is 13.1 Å². The van der Waals surface area contributed by atoms with E-state index in [-0.39, 0.29) is 5.91 Å². The lowest BCUT2D eigenvalue weighted by Gasteiger charge is -2.19. The lowest BCUT2D eigenvalue weighted by molar-refractivity contribution is 0.0957. The highest BCUT2D eigenvalue weighted by Crippen LogP contribution is 2.29. The quantitative estimate of drug-likeness (QED) is 0.837. The molecule has 0 radical (unpaired) electrons. The lowest BCUT2D eigenvalue weighted by atomic mass is 9.89. The Balaban J connectivity index is 1.91. The second-order valence-corrected chi connectivity index (χ2v) is 6.24. The number of amides is 1. The van der Waals surface area contributed by atoms with Crippen molar-refractivity contribution >= 4 is 11.7 Å². The summed E-state index contributed by atoms with van der Waals surface area (Å²) in [4.78, 5) is 11.4. The zero-order valence-corrected chi connectivity index (χ0v) is 13.2. The fraction of sp³-hybridized carbons (Fsp3) is 0.688. The number of hydrogen-bond donors (Lipinski definition) is 2. The van der Waals surface area contributed by atoms with E-state index in [2.05, 4.69) is 34.7 Å². The Kier molecular flexibility index (Phi) is 5.53. The van der Waals surface area contributed by atoms with E-state index in [0.717, 1.165) is 17.7 Å². The van der Waals surface area contributed by atoms with Gasteiger partial charge in [0.15, 0.2) is 5.69 Å². The topological polar surface area (TPSA) is 66.9 Å². The van der Waals surface area contributed by atoms with Gasteiger partial charge in [-0.25, -0.2) is 0 Å². The molecule has 2 N–H and O–H groups in total. The van der Waals surface area contributed by atoms with Gasteiger partial charge in [-0.3, -0.25) is 4.79 Å². The summed E-state index contributed by atoms with van der Waals surface area (Å²) in [5.74, 6) is 2.17. The van der Waals surface area contributed by atoms with E-state index in [1.807, 2.05) is 6.07 Å². The minimum absolute atomic E-state index is 0.205. The van der Waals surface area contributed by atoms with E-state index in [0.29, 0.717) is 11.7 Å². The molecule has 0 saturated heterocycles. The fourth-order valence-corrected chi connectivity index (χ4v) is 3.01. The van der Waals surface area contributed by atoms with Crippen LogP contribution in [0, 0.1) is 11.8 Å². The molecule has 21 heavy (non-hydrogen) atoms. The minimum Gasteiger partial charge on any atom is -0.366 e. The monoisotopic (exact) mass is 290 g/mol. The van der Waals surface area contributed by atoms with Gasteiger partial charge in [-0.05, 0) is 43.2 Å². The number of nitrogens with one attached hydrogen (secondary N) is 2. The highest BCUT2D eigenvalue weighted by Gasteiger charge is 2.21. The van der Waals surface area contributed by atoms with Crippen molar-refractivity contribution in [2.24, 2.45) is 11.8 Å². The first-order chi connectivity index (χ1) is 10.1. The van der Waals surface area contributed by atoms with Crippen LogP contribution in [0.2, 0.25) is 0 Å². The molecule has 5 nitrogen and oxygen atoms in total. The van der Waals surface area contributed by atoms with Crippen LogP contribution in [-0.4, -0.2) is 29.2 Å². The molecule has 0 bridgehead atoms. The van der Waals surface area contributed by atoms with Crippen LogP contribution in [0.4, 0.5) is 5.82 Å². The van der Waals surface area contributed by atoms with E-state index >= 15 is 0 Å². The average Bonchev–Trinajstić information content (AvgIpc) is 2.73. The summed E-state index contributed by atoms with van der Waals surface area (Å²) in [7, 11) is 1.59. The molecule has 2 unspecified atom stereocenters. The van der Waals surface area contributed by atoms with E-state index in [1.165, 1.54) is 32.1 Å². The van der Waals surface area contributed by atoms with Crippen molar-refractivity contribution in [3.8, 4) is 0 Å². The van der Waals surface area contributed by atoms with Gasteiger partial charge in [0, 0.05) is 13.1 Å². The van der Waals surface area contributed by atoms with Crippen molar-refractivity contribution in [3.05, 3.63) is 17.8 Å². The van der Waals surface area contributed by atoms with Crippen LogP contribution < -0.4 is 10.6 Å². The average molecular weight is 290 g/mol. The molecule has 1 saturated carbocycles. The first kappa shape index (κ1) is 15.7. The SMILES string of the molecule is CNC(=O)c1ccc(NC2CCCC(C(C)C)CC2)nn1. The van der Waals surface area contributed by atoms with Crippen molar-refractivity contribution in [2.75, 3.05) is 12.4 Å². The summed E-state index contributed by atoms with van der Waals surface area (Å²) in [5.41, 5.74) is 0.351. The molecule has 0 aliphatic heterocycles. The predicted octanol–water partition coefficient (Wildman–Crippen LogP) is 2.85. The zero-order chi connectivity index (χ0) is 15.2. The Labute approximate surface area is 126 Å². The van der Waals surface area contributed by atoms with Gasteiger partial charge in [0.2, 0.25) is 0 Å². The number of carbonyl (C=O) groups excluding carboxylic acids is 1. The van der Waals surface area contributed by atoms with Gasteiger partial charge in [0.1, 0.15) is 5.82 Å². The highest BCUT2D eigenvalue weighted by molar-refractivity contribution is 5.91. The Morgan fingerprint density at radius 1 is 1.19 bits per heavy atom. The van der Waals surface area contributed by atoms with E-state index in [4.69, 9.17) is 0 Å². The van der Waals surface area contributed by atoms with Gasteiger partial charge in [0.05, 0.1) is 0 Å². The molecule has 1 heterocycles. The number of hydrogen-bond acceptors (Lipinski definition) is 4. The third-order valence-electron chi connectivity index (χ3n) is 4.43. The van der Waals surface area contributed by atoms with Crippen molar-refractivity contribution < 1.29 is 4.79 Å². The van der Waals surface area contributed by atoms with Crippen LogP contribution in [-0.2, 0) is 0 Å². The van der Waals surface area contributed by atoms with Crippen molar-refractivity contribution in [1.29, 1.82) is 0 Å². The zero-order valence-electron chi connectivity index (χ0n) is 13.2. The summed E-state index contributed by atoms with van der Waals surface area (Å²) < 4.78 is 0. The number of aromatic nitrogens is 2. The van der Waals surface area contributed by atoms with Gasteiger partial charge in [-0.15, -0.1) is 10.2 Å². The number of carbonyl (C=O) groups is 1. The second-order valence-electron chi connectivity index (χ2n) is 6.24. The molecule has 1 aliphatic rings. The smallest absolute Gasteiger partial charge is 0.271 e. The standard InChI is InChI=1S/C16H26N4O/c1-11(2)12-5-4-6-13(8-7-12)18-15-10-9-14(19-20-15)16(21)17-3/h9-13H,4-8H2,1-3H3,(H,17,21)(H,18,20). The van der Waals surface area contributed by atoms with Crippen LogP contribution in [0.3, 0.4) is 0 Å². The number of rotatable bonds is 4. The minimum atomic E-state index is -0.205. The molecule has 5 heteroatoms. The number of anilines is 1. The first-order valence-corrected chi connectivity index (χ1v) is 7.92. The molecule has 116 valence electrons. The summed E-state index contributed by atoms with van der Waals surface area (Å²) in [6, 6.07) is 4.01. The molecule has 2 rings (SSSR count). The molecule has 0 spiro atoms. The molecular weight excluding hydrogens is 264 g/mol. The van der Waals surface area contributed by atoms with Crippen LogP contribution in [0.1, 0.15) is 56.4 Å². The second kappa shape index (κ2) is 7.38. The van der Waals surface area contributed by atoms with Crippen molar-refractivity contribution in [2.45, 2.75) is 52.0 Å². The van der Waals surface area contributed by atoms with E-state index in [9.17, 15) is 4.79 Å². The summed E-state index contributed by atoms with van der Waals surface area (Å²) in [6.45, 7) is 4.64. The third-order valence-corrected chi connectivity index (χ3v) is 4.43. The van der Waals surface area contributed by atoms with Crippen molar-refractivity contribution in [3.63, 3.8) is 0 Å². The molecular formula is C16H26N4O. The van der Waals surface area contributed by atoms with Crippen LogP contribution in [0.25, 0.3) is 0 Å². The predicted molar refractivity (Wildman–Crippen MR) is 84.2 cm³/mol. The van der Waals surface area contributed by atoms with Crippen molar-refractivity contribution in [1.82, 2.24) is 15.5 Å². The molecule has 1 aromatic rings. The Hall–Kier alpha value is -1.65. The Bertz CT molecular complexity index is 458. The summed E-state index contributed by atoms with van der Waals surface area (Å²) >= 11 is 0. The molecule has 1 aliphatic carbocycles. The molecule has 1 fully saturated rings. The summed E-state index contributed by atoms with van der Waals surface area (Å²) in [6.07, 6.45) is 6.24. The van der Waals surface area contributed by atoms with Gasteiger partial charge in [-0.1, -0.05) is 26.7 Å². The summed E-state index contributed by atoms with van der Waals surface area (Å²) in [5, 5.41) is 14.1. The van der Waals surface area contributed by atoms with Gasteiger partial charge >= 0.3 is 0 Å². The largest absolute Gasteiger partial charge is 0.366 e. The highest BCUT2D eigenvalue weighted by atomic mass is 16.1. The maximum absolute atomic E-state index is 11.4. The molecule has 0 aromatic carbocycles.